The topological polar surface area (TPSA) is 88.3 Å². The van der Waals surface area contributed by atoms with Crippen LogP contribution in [0.1, 0.15) is 37.6 Å². The van der Waals surface area contributed by atoms with E-state index in [1.165, 1.54) is 0 Å². The number of hydrogen-bond donors (Lipinski definition) is 1. The van der Waals surface area contributed by atoms with Gasteiger partial charge >= 0.3 is 5.97 Å². The van der Waals surface area contributed by atoms with Crippen molar-refractivity contribution >= 4 is 22.9 Å². The summed E-state index contributed by atoms with van der Waals surface area (Å²) in [5, 5.41) is 14.1. The minimum Gasteiger partial charge on any atom is -0.481 e. The summed E-state index contributed by atoms with van der Waals surface area (Å²) in [6, 6.07) is 11.3. The van der Waals surface area contributed by atoms with Gasteiger partial charge in [-0.05, 0) is 26.8 Å². The smallest absolute Gasteiger partial charge is 0.305 e. The van der Waals surface area contributed by atoms with Gasteiger partial charge in [0.25, 0.3) is 5.91 Å². The second-order valence-electron chi connectivity index (χ2n) is 6.85. The van der Waals surface area contributed by atoms with Crippen LogP contribution in [0.4, 0.5) is 0 Å². The fourth-order valence-electron chi connectivity index (χ4n) is 3.18. The number of rotatable bonds is 7. The third-order valence-corrected chi connectivity index (χ3v) is 4.66. The molecule has 2 aromatic heterocycles. The number of carboxylic acid groups (broad SMARTS) is 1. The zero-order chi connectivity index (χ0) is 20.3. The number of benzene rings is 1. The number of carbonyl (C=O) groups is 2. The Bertz CT molecular complexity index is 996. The van der Waals surface area contributed by atoms with Crippen LogP contribution in [0, 0.1) is 0 Å². The summed E-state index contributed by atoms with van der Waals surface area (Å²) < 4.78 is 1.76. The van der Waals surface area contributed by atoms with Crippen molar-refractivity contribution in [3.8, 4) is 11.3 Å². The predicted octanol–water partition coefficient (Wildman–Crippen LogP) is 3.44. The lowest BCUT2D eigenvalue weighted by molar-refractivity contribution is -0.137. The number of pyridine rings is 1. The first-order valence-electron chi connectivity index (χ1n) is 9.37. The van der Waals surface area contributed by atoms with Crippen LogP contribution in [0.5, 0.6) is 0 Å². The van der Waals surface area contributed by atoms with Crippen molar-refractivity contribution in [3.05, 3.63) is 48.2 Å². The third-order valence-electron chi connectivity index (χ3n) is 4.66. The highest BCUT2D eigenvalue weighted by atomic mass is 16.4. The number of nitrogens with zero attached hydrogens (tertiary/aromatic N) is 4. The maximum Gasteiger partial charge on any atom is 0.305 e. The molecule has 0 aliphatic heterocycles. The zero-order valence-electron chi connectivity index (χ0n) is 16.3. The molecule has 7 nitrogen and oxygen atoms in total. The molecule has 1 amide bonds. The van der Waals surface area contributed by atoms with E-state index in [1.807, 2.05) is 51.1 Å². The Morgan fingerprint density at radius 3 is 2.54 bits per heavy atom. The molecule has 146 valence electrons. The number of aromatic nitrogens is 3. The Balaban J connectivity index is 2.14. The number of carbonyl (C=O) groups excluding carboxylic acids is 1. The van der Waals surface area contributed by atoms with Crippen LogP contribution in [-0.2, 0) is 11.3 Å². The molecule has 3 aromatic rings. The minimum absolute atomic E-state index is 0.0993. The normalized spacial score (nSPS) is 11.1. The fraction of sp³-hybridized carbons (Fsp3) is 0.333. The van der Waals surface area contributed by atoms with E-state index in [2.05, 4.69) is 5.10 Å². The van der Waals surface area contributed by atoms with Gasteiger partial charge in [-0.25, -0.2) is 9.67 Å². The molecule has 0 radical (unpaired) electrons. The van der Waals surface area contributed by atoms with Gasteiger partial charge in [0.05, 0.1) is 29.3 Å². The van der Waals surface area contributed by atoms with Gasteiger partial charge in [0, 0.05) is 24.7 Å². The number of fused-ring (bicyclic) bond motifs is 1. The molecule has 7 heteroatoms. The van der Waals surface area contributed by atoms with E-state index in [0.29, 0.717) is 28.8 Å². The van der Waals surface area contributed by atoms with Crippen molar-refractivity contribution in [2.45, 2.75) is 39.8 Å². The zero-order valence-corrected chi connectivity index (χ0v) is 16.3. The van der Waals surface area contributed by atoms with Gasteiger partial charge in [-0.1, -0.05) is 30.3 Å². The first-order chi connectivity index (χ1) is 13.4. The fourth-order valence-corrected chi connectivity index (χ4v) is 3.18. The van der Waals surface area contributed by atoms with Crippen LogP contribution in [0.2, 0.25) is 0 Å². The monoisotopic (exact) mass is 380 g/mol. The van der Waals surface area contributed by atoms with Crippen LogP contribution < -0.4 is 0 Å². The summed E-state index contributed by atoms with van der Waals surface area (Å²) in [6.45, 7) is 6.52. The van der Waals surface area contributed by atoms with E-state index in [-0.39, 0.29) is 24.9 Å². The first-order valence-corrected chi connectivity index (χ1v) is 9.37. The first kappa shape index (κ1) is 19.5. The molecule has 2 heterocycles. The molecule has 1 N–H and O–H groups in total. The molecule has 0 fully saturated rings. The average Bonchev–Trinajstić information content (AvgIpc) is 3.10. The Labute approximate surface area is 163 Å². The maximum atomic E-state index is 13.4. The van der Waals surface area contributed by atoms with Crippen molar-refractivity contribution in [3.63, 3.8) is 0 Å². The van der Waals surface area contributed by atoms with Gasteiger partial charge in [-0.3, -0.25) is 9.59 Å². The van der Waals surface area contributed by atoms with E-state index >= 15 is 0 Å². The largest absolute Gasteiger partial charge is 0.481 e. The molecule has 0 saturated carbocycles. The van der Waals surface area contributed by atoms with Crippen LogP contribution in [0.3, 0.4) is 0 Å². The summed E-state index contributed by atoms with van der Waals surface area (Å²) in [4.78, 5) is 30.7. The molecule has 0 saturated heterocycles. The Morgan fingerprint density at radius 1 is 1.21 bits per heavy atom. The summed E-state index contributed by atoms with van der Waals surface area (Å²) >= 11 is 0. The lowest BCUT2D eigenvalue weighted by atomic mass is 10.1. The van der Waals surface area contributed by atoms with Crippen molar-refractivity contribution in [2.75, 3.05) is 6.54 Å². The lowest BCUT2D eigenvalue weighted by Gasteiger charge is -2.26. The molecular weight excluding hydrogens is 356 g/mol. The molecule has 1 aromatic carbocycles. The van der Waals surface area contributed by atoms with Gasteiger partial charge in [-0.2, -0.15) is 5.10 Å². The second kappa shape index (κ2) is 8.21. The SMILES string of the molecule is CCn1ncc2c(C(=O)N(CCC(=O)O)C(C)C)cc(-c3ccccc3)nc21. The number of aliphatic carboxylic acids is 1. The maximum absolute atomic E-state index is 13.4. The van der Waals surface area contributed by atoms with Gasteiger partial charge in [0.2, 0.25) is 0 Å². The quantitative estimate of drug-likeness (QED) is 0.678. The Hall–Kier alpha value is -3.22. The number of amides is 1. The number of hydrogen-bond acceptors (Lipinski definition) is 4. The molecule has 3 rings (SSSR count). The van der Waals surface area contributed by atoms with Crippen molar-refractivity contribution < 1.29 is 14.7 Å². The molecule has 28 heavy (non-hydrogen) atoms. The highest BCUT2D eigenvalue weighted by molar-refractivity contribution is 6.06. The van der Waals surface area contributed by atoms with Crippen LogP contribution >= 0.6 is 0 Å². The van der Waals surface area contributed by atoms with Gasteiger partial charge in [0.15, 0.2) is 5.65 Å². The number of aryl methyl sites for hydroxylation is 1. The van der Waals surface area contributed by atoms with Crippen LogP contribution in [0.25, 0.3) is 22.3 Å². The number of carboxylic acids is 1. The van der Waals surface area contributed by atoms with Crippen molar-refractivity contribution in [1.82, 2.24) is 19.7 Å². The molecule has 0 aliphatic rings. The predicted molar refractivity (Wildman–Crippen MR) is 107 cm³/mol. The molecule has 0 bridgehead atoms. The van der Waals surface area contributed by atoms with E-state index in [0.717, 1.165) is 5.56 Å². The highest BCUT2D eigenvalue weighted by Crippen LogP contribution is 2.26. The Kier molecular flexibility index (Phi) is 5.73. The van der Waals surface area contributed by atoms with E-state index in [1.54, 1.807) is 21.8 Å². The molecule has 0 unspecified atom stereocenters. The molecular formula is C21H24N4O3. The van der Waals surface area contributed by atoms with Gasteiger partial charge < -0.3 is 10.0 Å². The second-order valence-corrected chi connectivity index (χ2v) is 6.85. The van der Waals surface area contributed by atoms with Crippen molar-refractivity contribution in [1.29, 1.82) is 0 Å². The molecule has 0 atom stereocenters. The van der Waals surface area contributed by atoms with Crippen LogP contribution in [-0.4, -0.2) is 49.2 Å². The Morgan fingerprint density at radius 2 is 1.93 bits per heavy atom. The van der Waals surface area contributed by atoms with Crippen LogP contribution in [0.15, 0.2) is 42.6 Å². The highest BCUT2D eigenvalue weighted by Gasteiger charge is 2.24. The third kappa shape index (κ3) is 3.88. The van der Waals surface area contributed by atoms with E-state index in [4.69, 9.17) is 10.1 Å². The van der Waals surface area contributed by atoms with Crippen molar-refractivity contribution in [2.24, 2.45) is 0 Å². The lowest BCUT2D eigenvalue weighted by Crippen LogP contribution is -2.38. The standard InChI is InChI=1S/C21H24N4O3/c1-4-25-20-17(13-22-25)16(12-18(23-20)15-8-6-5-7-9-15)21(28)24(14(2)3)11-10-19(26)27/h5-9,12-14H,4,10-11H2,1-3H3,(H,26,27). The van der Waals surface area contributed by atoms with E-state index < -0.39 is 5.97 Å². The molecule has 0 aliphatic carbocycles. The van der Waals surface area contributed by atoms with Gasteiger partial charge in [-0.15, -0.1) is 0 Å². The summed E-state index contributed by atoms with van der Waals surface area (Å²) in [5.41, 5.74) is 2.73. The summed E-state index contributed by atoms with van der Waals surface area (Å²) in [7, 11) is 0. The minimum atomic E-state index is -0.929. The average molecular weight is 380 g/mol. The summed E-state index contributed by atoms with van der Waals surface area (Å²) in [6.07, 6.45) is 1.56. The summed E-state index contributed by atoms with van der Waals surface area (Å²) in [5.74, 6) is -1.14. The van der Waals surface area contributed by atoms with E-state index in [9.17, 15) is 9.59 Å². The molecule has 0 spiro atoms. The van der Waals surface area contributed by atoms with Gasteiger partial charge in [0.1, 0.15) is 0 Å².